The highest BCUT2D eigenvalue weighted by Crippen LogP contribution is 2.38. The number of hydrogen-bond acceptors (Lipinski definition) is 6. The summed E-state index contributed by atoms with van der Waals surface area (Å²) in [6, 6.07) is 10.4. The van der Waals surface area contributed by atoms with Crippen LogP contribution >= 0.6 is 23.4 Å². The number of fused-ring (bicyclic) bond motifs is 1. The minimum atomic E-state index is -1.09. The van der Waals surface area contributed by atoms with Gasteiger partial charge in [0.25, 0.3) is 0 Å². The number of rotatable bonds is 9. The second-order valence-corrected chi connectivity index (χ2v) is 8.91. The number of carboxylic acid groups (broad SMARTS) is 2. The summed E-state index contributed by atoms with van der Waals surface area (Å²) in [6.45, 7) is 2.34. The van der Waals surface area contributed by atoms with Crippen LogP contribution in [0.2, 0.25) is 5.02 Å². The third kappa shape index (κ3) is 5.09. The lowest BCUT2D eigenvalue weighted by atomic mass is 10.2. The fraction of sp³-hybridized carbons (Fsp3) is 0.261. The molecule has 0 fully saturated rings. The van der Waals surface area contributed by atoms with Crippen LogP contribution < -0.4 is 9.47 Å². The Morgan fingerprint density at radius 3 is 2.48 bits per heavy atom. The van der Waals surface area contributed by atoms with E-state index in [9.17, 15) is 14.7 Å². The van der Waals surface area contributed by atoms with Gasteiger partial charge in [0.05, 0.1) is 13.0 Å². The zero-order valence-electron chi connectivity index (χ0n) is 17.7. The normalized spacial score (nSPS) is 12.2. The van der Waals surface area contributed by atoms with E-state index in [0.717, 1.165) is 11.3 Å². The van der Waals surface area contributed by atoms with Crippen LogP contribution in [0.4, 0.5) is 0 Å². The van der Waals surface area contributed by atoms with E-state index in [4.69, 9.17) is 26.2 Å². The van der Waals surface area contributed by atoms with E-state index in [1.165, 1.54) is 11.8 Å². The molecule has 2 heterocycles. The molecule has 0 amide bonds. The van der Waals surface area contributed by atoms with Gasteiger partial charge in [-0.15, -0.1) is 0 Å². The van der Waals surface area contributed by atoms with Gasteiger partial charge < -0.3 is 24.3 Å². The summed E-state index contributed by atoms with van der Waals surface area (Å²) in [5.74, 6) is -0.224. The molecule has 1 aliphatic heterocycles. The van der Waals surface area contributed by atoms with E-state index in [1.807, 2.05) is 6.92 Å². The molecule has 4 rings (SSSR count). The Hall–Kier alpha value is -3.17. The van der Waals surface area contributed by atoms with Gasteiger partial charge in [0.1, 0.15) is 10.9 Å². The Balaban J connectivity index is 1.69. The van der Waals surface area contributed by atoms with Crippen LogP contribution in [-0.2, 0) is 24.2 Å². The summed E-state index contributed by atoms with van der Waals surface area (Å²) in [6.07, 6.45) is 1.32. The molecule has 0 bridgehead atoms. The number of ether oxygens (including phenoxy) is 2. The predicted molar refractivity (Wildman–Crippen MR) is 122 cm³/mol. The molecule has 0 spiro atoms. The maximum atomic E-state index is 12.3. The van der Waals surface area contributed by atoms with Gasteiger partial charge in [-0.1, -0.05) is 42.4 Å². The van der Waals surface area contributed by atoms with Crippen molar-refractivity contribution >= 4 is 35.3 Å². The molecule has 0 radical (unpaired) electrons. The standard InChI is InChI=1S/C23H21ClN2O6S/c1-2-3-19-25-22(33-15-6-4-13(5-7-15)8-20(27)28)21(23(29)30)26(19)11-14-9-17-18(10-16(14)24)32-12-31-17/h4-7,9-10H,2-3,8,11-12H2,1H3,(H,27,28)(H,29,30). The minimum Gasteiger partial charge on any atom is -0.481 e. The summed E-state index contributed by atoms with van der Waals surface area (Å²) in [7, 11) is 0. The van der Waals surface area contributed by atoms with Crippen LogP contribution in [0.25, 0.3) is 0 Å². The lowest BCUT2D eigenvalue weighted by Gasteiger charge is -2.12. The Morgan fingerprint density at radius 1 is 1.15 bits per heavy atom. The first kappa shape index (κ1) is 23.0. The van der Waals surface area contributed by atoms with E-state index >= 15 is 0 Å². The van der Waals surface area contributed by atoms with Gasteiger partial charge in [-0.25, -0.2) is 9.78 Å². The number of aromatic nitrogens is 2. The van der Waals surface area contributed by atoms with Gasteiger partial charge in [0.2, 0.25) is 6.79 Å². The number of benzene rings is 2. The lowest BCUT2D eigenvalue weighted by Crippen LogP contribution is -2.13. The number of imidazole rings is 1. The molecule has 10 heteroatoms. The molecule has 172 valence electrons. The molecular formula is C23H21ClN2O6S. The average Bonchev–Trinajstić information content (AvgIpc) is 3.34. The van der Waals surface area contributed by atoms with E-state index in [2.05, 4.69) is 4.98 Å². The maximum Gasteiger partial charge on any atom is 0.355 e. The van der Waals surface area contributed by atoms with Crippen LogP contribution in [0.3, 0.4) is 0 Å². The van der Waals surface area contributed by atoms with Crippen molar-refractivity contribution in [2.75, 3.05) is 6.79 Å². The Labute approximate surface area is 199 Å². The second kappa shape index (κ2) is 9.76. The molecule has 8 nitrogen and oxygen atoms in total. The fourth-order valence-electron chi connectivity index (χ4n) is 3.55. The molecule has 2 aromatic carbocycles. The smallest absolute Gasteiger partial charge is 0.355 e. The quantitative estimate of drug-likeness (QED) is 0.444. The van der Waals surface area contributed by atoms with Crippen molar-refractivity contribution < 1.29 is 29.3 Å². The largest absolute Gasteiger partial charge is 0.481 e. The number of nitrogens with zero attached hydrogens (tertiary/aromatic N) is 2. The summed E-state index contributed by atoms with van der Waals surface area (Å²) in [5.41, 5.74) is 1.44. The van der Waals surface area contributed by atoms with Gasteiger partial charge in [-0.2, -0.15) is 0 Å². The van der Waals surface area contributed by atoms with E-state index < -0.39 is 11.9 Å². The molecule has 1 aromatic heterocycles. The molecule has 0 aliphatic carbocycles. The third-order valence-corrected chi connectivity index (χ3v) is 6.39. The average molecular weight is 489 g/mol. The van der Waals surface area contributed by atoms with Gasteiger partial charge in [-0.3, -0.25) is 4.79 Å². The lowest BCUT2D eigenvalue weighted by molar-refractivity contribution is -0.136. The Bertz CT molecular complexity index is 1210. The predicted octanol–water partition coefficient (Wildman–Crippen LogP) is 4.74. The van der Waals surface area contributed by atoms with Crippen molar-refractivity contribution in [2.45, 2.75) is 42.7 Å². The van der Waals surface area contributed by atoms with Gasteiger partial charge in [0.15, 0.2) is 17.2 Å². The van der Waals surface area contributed by atoms with Crippen molar-refractivity contribution in [3.8, 4) is 11.5 Å². The summed E-state index contributed by atoms with van der Waals surface area (Å²) < 4.78 is 12.5. The number of hydrogen-bond donors (Lipinski definition) is 2. The first-order valence-electron chi connectivity index (χ1n) is 10.2. The number of carbonyl (C=O) groups is 2. The summed E-state index contributed by atoms with van der Waals surface area (Å²) >= 11 is 7.67. The number of aryl methyl sites for hydroxylation is 1. The first-order valence-corrected chi connectivity index (χ1v) is 11.4. The third-order valence-electron chi connectivity index (χ3n) is 5.05. The first-order chi connectivity index (χ1) is 15.9. The zero-order chi connectivity index (χ0) is 23.5. The number of aromatic carboxylic acids is 1. The molecule has 0 saturated heterocycles. The van der Waals surface area contributed by atoms with Crippen molar-refractivity contribution in [2.24, 2.45) is 0 Å². The monoisotopic (exact) mass is 488 g/mol. The van der Waals surface area contributed by atoms with Crippen molar-refractivity contribution in [3.05, 3.63) is 64.1 Å². The van der Waals surface area contributed by atoms with Gasteiger partial charge in [0, 0.05) is 22.4 Å². The van der Waals surface area contributed by atoms with Crippen LogP contribution in [0.1, 0.15) is 40.8 Å². The van der Waals surface area contributed by atoms with E-state index in [0.29, 0.717) is 44.9 Å². The molecule has 0 saturated carbocycles. The fourth-order valence-corrected chi connectivity index (χ4v) is 4.70. The highest BCUT2D eigenvalue weighted by atomic mass is 35.5. The summed E-state index contributed by atoms with van der Waals surface area (Å²) in [4.78, 5) is 28.6. The Morgan fingerprint density at radius 2 is 1.85 bits per heavy atom. The van der Waals surface area contributed by atoms with Crippen molar-refractivity contribution in [3.63, 3.8) is 0 Å². The van der Waals surface area contributed by atoms with Crippen LogP contribution in [0.15, 0.2) is 46.3 Å². The molecule has 3 aromatic rings. The topological polar surface area (TPSA) is 111 Å². The Kier molecular flexibility index (Phi) is 6.80. The van der Waals surface area contributed by atoms with Crippen LogP contribution in [0, 0.1) is 0 Å². The molecular weight excluding hydrogens is 468 g/mol. The van der Waals surface area contributed by atoms with E-state index in [1.54, 1.807) is 41.0 Å². The number of aliphatic carboxylic acids is 1. The van der Waals surface area contributed by atoms with Crippen LogP contribution in [0.5, 0.6) is 11.5 Å². The van der Waals surface area contributed by atoms with Crippen LogP contribution in [-0.4, -0.2) is 38.5 Å². The van der Waals surface area contributed by atoms with E-state index in [-0.39, 0.29) is 25.5 Å². The summed E-state index contributed by atoms with van der Waals surface area (Å²) in [5, 5.41) is 19.8. The SMILES string of the molecule is CCCc1nc(Sc2ccc(CC(=O)O)cc2)c(C(=O)O)n1Cc1cc2c(cc1Cl)OCO2. The molecule has 33 heavy (non-hydrogen) atoms. The highest BCUT2D eigenvalue weighted by molar-refractivity contribution is 7.99. The van der Waals surface area contributed by atoms with Gasteiger partial charge in [-0.05, 0) is 35.7 Å². The second-order valence-electron chi connectivity index (χ2n) is 7.44. The highest BCUT2D eigenvalue weighted by Gasteiger charge is 2.25. The van der Waals surface area contributed by atoms with Crippen molar-refractivity contribution in [1.29, 1.82) is 0 Å². The minimum absolute atomic E-state index is 0.0725. The zero-order valence-corrected chi connectivity index (χ0v) is 19.3. The van der Waals surface area contributed by atoms with Gasteiger partial charge >= 0.3 is 11.9 Å². The molecule has 2 N–H and O–H groups in total. The number of carboxylic acids is 2. The maximum absolute atomic E-state index is 12.3. The molecule has 0 atom stereocenters. The number of halogens is 1. The van der Waals surface area contributed by atoms with Crippen molar-refractivity contribution in [1.82, 2.24) is 9.55 Å². The molecule has 1 aliphatic rings. The molecule has 0 unspecified atom stereocenters.